The molecule has 0 bridgehead atoms. The fourth-order valence-electron chi connectivity index (χ4n) is 2.32. The Bertz CT molecular complexity index is 813. The van der Waals surface area contributed by atoms with Crippen LogP contribution in [0.1, 0.15) is 31.1 Å². The Kier molecular flexibility index (Phi) is 7.80. The summed E-state index contributed by atoms with van der Waals surface area (Å²) in [6.07, 6.45) is -0.936. The van der Waals surface area contributed by atoms with Gasteiger partial charge in [-0.05, 0) is 57.2 Å². The van der Waals surface area contributed by atoms with Crippen molar-refractivity contribution < 1.29 is 23.1 Å². The molecule has 2 aromatic carbocycles. The third-order valence-electron chi connectivity index (χ3n) is 3.59. The molecule has 0 aliphatic heterocycles. The number of hydrogen-bond donors (Lipinski definition) is 2. The summed E-state index contributed by atoms with van der Waals surface area (Å²) in [4.78, 5) is 24.9. The summed E-state index contributed by atoms with van der Waals surface area (Å²) in [6, 6.07) is 13.1. The zero-order chi connectivity index (χ0) is 20.7. The van der Waals surface area contributed by atoms with E-state index in [2.05, 4.69) is 10.6 Å². The van der Waals surface area contributed by atoms with Crippen molar-refractivity contribution in [2.45, 2.75) is 43.6 Å². The van der Waals surface area contributed by atoms with Crippen LogP contribution >= 0.6 is 11.8 Å². The summed E-state index contributed by atoms with van der Waals surface area (Å²) < 4.78 is 30.1. The average molecular weight is 408 g/mol. The molecule has 0 aliphatic rings. The minimum atomic E-state index is -2.48. The molecule has 0 fully saturated rings. The lowest BCUT2D eigenvalue weighted by Gasteiger charge is -2.17. The third-order valence-corrected chi connectivity index (χ3v) is 4.31. The molecule has 2 aromatic rings. The second kappa shape index (κ2) is 10.1. The molecule has 0 radical (unpaired) electrons. The minimum absolute atomic E-state index is 0.0613. The highest BCUT2D eigenvalue weighted by molar-refractivity contribution is 7.99. The summed E-state index contributed by atoms with van der Waals surface area (Å²) in [7, 11) is 0. The van der Waals surface area contributed by atoms with Crippen LogP contribution in [-0.4, -0.2) is 29.8 Å². The Labute approximate surface area is 166 Å². The molecular formula is C20H22F2N2O3S. The first kappa shape index (κ1) is 21.7. The molecule has 0 saturated heterocycles. The molecule has 0 saturated carbocycles. The fraction of sp³-hybridized carbons (Fsp3) is 0.300. The van der Waals surface area contributed by atoms with Gasteiger partial charge in [0.15, 0.2) is 6.10 Å². The van der Waals surface area contributed by atoms with Gasteiger partial charge in [-0.25, -0.2) is 4.79 Å². The Morgan fingerprint density at radius 3 is 2.25 bits per heavy atom. The SMILES string of the molecule is CC(C)NC(=O)C(C)OC(=O)c1ccccc1Nc1ccc(SC(F)F)cc1. The van der Waals surface area contributed by atoms with Gasteiger partial charge in [-0.1, -0.05) is 23.9 Å². The van der Waals surface area contributed by atoms with Crippen LogP contribution in [0.15, 0.2) is 53.4 Å². The number of esters is 1. The molecular weight excluding hydrogens is 386 g/mol. The Morgan fingerprint density at radius 2 is 1.64 bits per heavy atom. The first-order valence-electron chi connectivity index (χ1n) is 8.68. The lowest BCUT2D eigenvalue weighted by molar-refractivity contribution is -0.129. The minimum Gasteiger partial charge on any atom is -0.449 e. The van der Waals surface area contributed by atoms with E-state index in [9.17, 15) is 18.4 Å². The fourth-order valence-corrected chi connectivity index (χ4v) is 2.82. The van der Waals surface area contributed by atoms with Gasteiger partial charge in [0.25, 0.3) is 11.7 Å². The van der Waals surface area contributed by atoms with Crippen molar-refractivity contribution >= 4 is 35.0 Å². The molecule has 150 valence electrons. The van der Waals surface area contributed by atoms with E-state index in [1.54, 1.807) is 48.5 Å². The van der Waals surface area contributed by atoms with E-state index < -0.39 is 17.8 Å². The number of amides is 1. The largest absolute Gasteiger partial charge is 0.449 e. The summed E-state index contributed by atoms with van der Waals surface area (Å²) in [5.74, 6) is -3.50. The molecule has 0 aromatic heterocycles. The number of para-hydroxylation sites is 1. The highest BCUT2D eigenvalue weighted by Crippen LogP contribution is 2.28. The van der Waals surface area contributed by atoms with Crippen LogP contribution in [0.4, 0.5) is 20.2 Å². The molecule has 1 atom stereocenters. The van der Waals surface area contributed by atoms with Crippen LogP contribution in [0, 0.1) is 0 Å². The highest BCUT2D eigenvalue weighted by Gasteiger charge is 2.21. The molecule has 0 heterocycles. The van der Waals surface area contributed by atoms with Gasteiger partial charge in [-0.3, -0.25) is 4.79 Å². The van der Waals surface area contributed by atoms with E-state index in [0.29, 0.717) is 28.0 Å². The van der Waals surface area contributed by atoms with E-state index in [-0.39, 0.29) is 17.5 Å². The number of alkyl halides is 2. The van der Waals surface area contributed by atoms with E-state index in [1.807, 2.05) is 13.8 Å². The molecule has 2 N–H and O–H groups in total. The first-order valence-corrected chi connectivity index (χ1v) is 9.56. The lowest BCUT2D eigenvalue weighted by atomic mass is 10.1. The predicted molar refractivity (Wildman–Crippen MR) is 106 cm³/mol. The number of rotatable bonds is 8. The van der Waals surface area contributed by atoms with E-state index in [0.717, 1.165) is 0 Å². The van der Waals surface area contributed by atoms with Crippen molar-refractivity contribution in [3.63, 3.8) is 0 Å². The number of carbonyl (C=O) groups excluding carboxylic acids is 2. The first-order chi connectivity index (χ1) is 13.3. The second-order valence-corrected chi connectivity index (χ2v) is 7.35. The molecule has 1 amide bonds. The van der Waals surface area contributed by atoms with Crippen LogP contribution in [0.25, 0.3) is 0 Å². The molecule has 8 heteroatoms. The van der Waals surface area contributed by atoms with E-state index in [1.165, 1.54) is 6.92 Å². The zero-order valence-electron chi connectivity index (χ0n) is 15.7. The molecule has 2 rings (SSSR count). The van der Waals surface area contributed by atoms with Crippen LogP contribution in [0.2, 0.25) is 0 Å². The van der Waals surface area contributed by atoms with Crippen molar-refractivity contribution in [1.29, 1.82) is 0 Å². The van der Waals surface area contributed by atoms with Crippen molar-refractivity contribution in [1.82, 2.24) is 5.32 Å². The Morgan fingerprint density at radius 1 is 1.00 bits per heavy atom. The van der Waals surface area contributed by atoms with E-state index in [4.69, 9.17) is 4.74 Å². The molecule has 0 aliphatic carbocycles. The Hall–Kier alpha value is -2.61. The predicted octanol–water partition coefficient (Wildman–Crippen LogP) is 4.81. The molecule has 5 nitrogen and oxygen atoms in total. The summed E-state index contributed by atoms with van der Waals surface area (Å²) in [5.41, 5.74) is 1.38. The number of thioether (sulfide) groups is 1. The third kappa shape index (κ3) is 6.53. The van der Waals surface area contributed by atoms with Crippen molar-refractivity contribution in [2.75, 3.05) is 5.32 Å². The number of anilines is 2. The number of ether oxygens (including phenoxy) is 1. The van der Waals surface area contributed by atoms with Gasteiger partial charge in [0, 0.05) is 16.6 Å². The topological polar surface area (TPSA) is 67.4 Å². The smallest absolute Gasteiger partial charge is 0.341 e. The second-order valence-electron chi connectivity index (χ2n) is 6.28. The molecule has 28 heavy (non-hydrogen) atoms. The van der Waals surface area contributed by atoms with Gasteiger partial charge in [0.2, 0.25) is 0 Å². The molecule has 0 spiro atoms. The summed E-state index contributed by atoms with van der Waals surface area (Å²) in [6.45, 7) is 5.14. The normalized spacial score (nSPS) is 12.0. The van der Waals surface area contributed by atoms with Crippen LogP contribution in [0.5, 0.6) is 0 Å². The van der Waals surface area contributed by atoms with Crippen molar-refractivity contribution in [3.05, 3.63) is 54.1 Å². The Balaban J connectivity index is 2.09. The molecule has 1 unspecified atom stereocenters. The number of halogens is 2. The number of nitrogens with one attached hydrogen (secondary N) is 2. The van der Waals surface area contributed by atoms with Crippen LogP contribution < -0.4 is 10.6 Å². The van der Waals surface area contributed by atoms with Gasteiger partial charge < -0.3 is 15.4 Å². The average Bonchev–Trinajstić information content (AvgIpc) is 2.62. The van der Waals surface area contributed by atoms with Crippen LogP contribution in [0.3, 0.4) is 0 Å². The van der Waals surface area contributed by atoms with Crippen molar-refractivity contribution in [2.24, 2.45) is 0 Å². The van der Waals surface area contributed by atoms with Gasteiger partial charge >= 0.3 is 5.97 Å². The van der Waals surface area contributed by atoms with Crippen LogP contribution in [-0.2, 0) is 9.53 Å². The quantitative estimate of drug-likeness (QED) is 0.484. The highest BCUT2D eigenvalue weighted by atomic mass is 32.2. The number of hydrogen-bond acceptors (Lipinski definition) is 5. The van der Waals surface area contributed by atoms with Gasteiger partial charge in [0.05, 0.1) is 11.3 Å². The standard InChI is InChI=1S/C20H22F2N2O3S/c1-12(2)23-18(25)13(3)27-19(26)16-6-4-5-7-17(16)24-14-8-10-15(11-9-14)28-20(21)22/h4-13,20,24H,1-3H3,(H,23,25). The number of carbonyl (C=O) groups is 2. The summed E-state index contributed by atoms with van der Waals surface area (Å²) >= 11 is 0.462. The maximum atomic E-state index is 12.5. The van der Waals surface area contributed by atoms with E-state index >= 15 is 0 Å². The van der Waals surface area contributed by atoms with Crippen molar-refractivity contribution in [3.8, 4) is 0 Å². The van der Waals surface area contributed by atoms with Gasteiger partial charge in [-0.2, -0.15) is 8.78 Å². The summed E-state index contributed by atoms with van der Waals surface area (Å²) in [5, 5.41) is 5.76. The zero-order valence-corrected chi connectivity index (χ0v) is 16.6. The maximum Gasteiger partial charge on any atom is 0.341 e. The number of benzene rings is 2. The van der Waals surface area contributed by atoms with Gasteiger partial charge in [0.1, 0.15) is 0 Å². The van der Waals surface area contributed by atoms with Gasteiger partial charge in [-0.15, -0.1) is 0 Å². The lowest BCUT2D eigenvalue weighted by Crippen LogP contribution is -2.39. The monoisotopic (exact) mass is 408 g/mol. The maximum absolute atomic E-state index is 12.5.